The average molecular weight is 1050 g/mol. The highest BCUT2D eigenvalue weighted by Crippen LogP contribution is 2.13. The zero-order chi connectivity index (χ0) is 58.3. The van der Waals surface area contributed by atoms with Gasteiger partial charge in [0.05, 0.1) is 36.6 Å². The van der Waals surface area contributed by atoms with Crippen LogP contribution in [-0.4, -0.2) is 74.0 Å². The van der Waals surface area contributed by atoms with Crippen molar-refractivity contribution in [3.63, 3.8) is 0 Å². The van der Waals surface area contributed by atoms with Crippen LogP contribution in [0.4, 0.5) is 0 Å². The molecule has 0 aliphatic heterocycles. The second-order valence-corrected chi connectivity index (χ2v) is 24.4. The molecule has 0 aliphatic carbocycles. The summed E-state index contributed by atoms with van der Waals surface area (Å²) >= 11 is 0. The highest BCUT2D eigenvalue weighted by atomic mass is 16.5. The quantitative estimate of drug-likeness (QED) is 0.0390. The number of esters is 1. The van der Waals surface area contributed by atoms with E-state index >= 15 is 0 Å². The van der Waals surface area contributed by atoms with Gasteiger partial charge >= 0.3 is 5.97 Å². The van der Waals surface area contributed by atoms with Crippen LogP contribution >= 0.6 is 0 Å². The predicted molar refractivity (Wildman–Crippen MR) is 322 cm³/mol. The van der Waals surface area contributed by atoms with Crippen LogP contribution in [0.2, 0.25) is 0 Å². The van der Waals surface area contributed by atoms with Gasteiger partial charge in [-0.05, 0) is 140 Å². The van der Waals surface area contributed by atoms with E-state index in [1.54, 1.807) is 32.2 Å². The minimum absolute atomic E-state index is 0.104. The maximum absolute atomic E-state index is 11.4. The number of pyridine rings is 1. The molecule has 4 N–H and O–H groups in total. The molecule has 0 amide bonds. The van der Waals surface area contributed by atoms with Crippen LogP contribution in [0, 0.1) is 41.4 Å². The number of carbonyl (C=O) groups excluding carboxylic acids is 3. The van der Waals surface area contributed by atoms with Gasteiger partial charge in [-0.3, -0.25) is 4.98 Å². The van der Waals surface area contributed by atoms with Crippen molar-refractivity contribution in [1.82, 2.24) is 4.98 Å². The van der Waals surface area contributed by atoms with Crippen molar-refractivity contribution < 1.29 is 39.5 Å². The Morgan fingerprint density at radius 3 is 0.838 bits per heavy atom. The van der Waals surface area contributed by atoms with Crippen molar-refractivity contribution in [2.45, 2.75) is 323 Å². The van der Waals surface area contributed by atoms with Crippen LogP contribution in [0.25, 0.3) is 0 Å². The molecule has 4 atom stereocenters. The summed E-state index contributed by atoms with van der Waals surface area (Å²) in [6.07, 6.45) is 31.1. The Kier molecular flexibility index (Phi) is 69.3. The van der Waals surface area contributed by atoms with E-state index in [1.807, 2.05) is 27.7 Å². The number of ketones is 2. The number of nitrogens with zero attached hydrogens (tertiary/aromatic N) is 1. The summed E-state index contributed by atoms with van der Waals surface area (Å²) in [5.74, 6) is 5.73. The van der Waals surface area contributed by atoms with Crippen molar-refractivity contribution in [1.29, 1.82) is 0 Å². The smallest absolute Gasteiger partial charge is 0.339 e. The number of Topliss-reactive ketones (excluding diaryl/α,β-unsaturated/α-hetero) is 2. The van der Waals surface area contributed by atoms with E-state index in [0.29, 0.717) is 29.7 Å². The van der Waals surface area contributed by atoms with Gasteiger partial charge in [0.15, 0.2) is 0 Å². The van der Waals surface area contributed by atoms with Crippen LogP contribution in [0.15, 0.2) is 24.5 Å². The van der Waals surface area contributed by atoms with Crippen molar-refractivity contribution >= 4 is 17.5 Å². The van der Waals surface area contributed by atoms with E-state index < -0.39 is 0 Å². The first-order valence-electron chi connectivity index (χ1n) is 30.2. The number of aromatic nitrogens is 1. The number of hydrogen-bond donors (Lipinski definition) is 4. The molecule has 0 fully saturated rings. The maximum Gasteiger partial charge on any atom is 0.339 e. The average Bonchev–Trinajstić information content (AvgIpc) is 3.28. The molecule has 1 aromatic rings. The second-order valence-electron chi connectivity index (χ2n) is 24.4. The lowest BCUT2D eigenvalue weighted by atomic mass is 10.0. The number of aliphatic hydroxyl groups excluding tert-OH is 4. The Morgan fingerprint density at radius 2 is 0.635 bits per heavy atom. The van der Waals surface area contributed by atoms with E-state index in [1.165, 1.54) is 109 Å². The number of aliphatic hydroxyl groups is 4. The van der Waals surface area contributed by atoms with E-state index in [0.717, 1.165) is 93.3 Å². The third-order valence-electron chi connectivity index (χ3n) is 11.6. The van der Waals surface area contributed by atoms with Crippen LogP contribution in [0.3, 0.4) is 0 Å². The summed E-state index contributed by atoms with van der Waals surface area (Å²) in [6, 6.07) is 3.42. The van der Waals surface area contributed by atoms with Crippen LogP contribution in [-0.2, 0) is 14.3 Å². The van der Waals surface area contributed by atoms with Gasteiger partial charge < -0.3 is 34.8 Å². The van der Waals surface area contributed by atoms with E-state index in [9.17, 15) is 14.4 Å². The molecule has 9 heteroatoms. The standard InChI is InChI=1S/C11H15NO2.4C9H20O.2C9H18O/c1-9(2)5-7-14-11(13)10-4-3-6-12-8-10;6*1-8(2)6-4-5-7-9(3)10/h3-4,6,8-9H,5,7H2,1-2H3;4*8-10H,4-7H2,1-3H3;2*8H,4-7H2,1-3H3/t;4*9-;;/m.1100../s1. The van der Waals surface area contributed by atoms with E-state index in [2.05, 4.69) is 102 Å². The van der Waals surface area contributed by atoms with Gasteiger partial charge in [0.2, 0.25) is 0 Å². The molecule has 0 unspecified atom stereocenters. The van der Waals surface area contributed by atoms with Gasteiger partial charge in [-0.25, -0.2) is 4.79 Å². The van der Waals surface area contributed by atoms with Gasteiger partial charge in [-0.1, -0.05) is 200 Å². The molecule has 0 saturated heterocycles. The minimum atomic E-state index is -0.293. The zero-order valence-corrected chi connectivity index (χ0v) is 52.9. The molecule has 444 valence electrons. The molecule has 1 heterocycles. The lowest BCUT2D eigenvalue weighted by Gasteiger charge is -2.05. The largest absolute Gasteiger partial charge is 0.462 e. The fourth-order valence-corrected chi connectivity index (χ4v) is 6.78. The third-order valence-corrected chi connectivity index (χ3v) is 11.6. The maximum atomic E-state index is 11.4. The predicted octanol–water partition coefficient (Wildman–Crippen LogP) is 18.2. The summed E-state index contributed by atoms with van der Waals surface area (Å²) in [5.41, 5.74) is 0.510. The first-order chi connectivity index (χ1) is 34.5. The Morgan fingerprint density at radius 1 is 0.392 bits per heavy atom. The highest BCUT2D eigenvalue weighted by molar-refractivity contribution is 5.88. The number of unbranched alkanes of at least 4 members (excludes halogenated alkanes) is 6. The molecule has 1 aromatic heterocycles. The fourth-order valence-electron chi connectivity index (χ4n) is 6.78. The number of hydrogen-bond acceptors (Lipinski definition) is 9. The molecule has 0 spiro atoms. The van der Waals surface area contributed by atoms with Gasteiger partial charge in [0.25, 0.3) is 0 Å². The summed E-state index contributed by atoms with van der Waals surface area (Å²) in [6.45, 7) is 42.2. The van der Waals surface area contributed by atoms with Gasteiger partial charge in [-0.2, -0.15) is 0 Å². The third kappa shape index (κ3) is 98.9. The minimum Gasteiger partial charge on any atom is -0.462 e. The van der Waals surface area contributed by atoms with Gasteiger partial charge in [-0.15, -0.1) is 0 Å². The van der Waals surface area contributed by atoms with Crippen LogP contribution in [0.5, 0.6) is 0 Å². The topological polar surface area (TPSA) is 154 Å². The van der Waals surface area contributed by atoms with Crippen molar-refractivity contribution in [3.8, 4) is 0 Å². The summed E-state index contributed by atoms with van der Waals surface area (Å²) in [7, 11) is 0. The first kappa shape index (κ1) is 83.1. The molecular weight excluding hydrogens is 923 g/mol. The SMILES string of the molecule is CC(=O)CCCCC(C)C.CC(=O)CCCCC(C)C.CC(C)CCCC[C@@H](C)O.CC(C)CCCC[C@@H](C)O.CC(C)CCCC[C@H](C)O.CC(C)CCCC[C@H](C)O.CC(C)CCOC(=O)c1cccnc1. The Balaban J connectivity index is -0.000000183. The van der Waals surface area contributed by atoms with E-state index in [4.69, 9.17) is 25.2 Å². The Hall–Kier alpha value is -2.20. The van der Waals surface area contributed by atoms with Gasteiger partial charge in [0, 0.05) is 25.2 Å². The molecule has 1 rings (SSSR count). The lowest BCUT2D eigenvalue weighted by molar-refractivity contribution is -0.118. The molecule has 0 bridgehead atoms. The lowest BCUT2D eigenvalue weighted by Crippen LogP contribution is -2.08. The number of ether oxygens (including phenoxy) is 1. The molecule has 0 aromatic carbocycles. The molecule has 0 saturated carbocycles. The highest BCUT2D eigenvalue weighted by Gasteiger charge is 2.07. The summed E-state index contributed by atoms with van der Waals surface area (Å²) in [4.78, 5) is 36.2. The normalized spacial score (nSPS) is 12.4. The molecule has 0 aliphatic rings. The Bertz CT molecular complexity index is 1110. The molecule has 74 heavy (non-hydrogen) atoms. The number of carbonyl (C=O) groups is 3. The molecule has 0 radical (unpaired) electrons. The van der Waals surface area contributed by atoms with Gasteiger partial charge in [0.1, 0.15) is 11.6 Å². The Labute approximate surface area is 461 Å². The van der Waals surface area contributed by atoms with Crippen molar-refractivity contribution in [2.24, 2.45) is 41.4 Å². The first-order valence-corrected chi connectivity index (χ1v) is 30.2. The number of rotatable bonds is 34. The molecule has 9 nitrogen and oxygen atoms in total. The summed E-state index contributed by atoms with van der Waals surface area (Å²) in [5, 5.41) is 35.7. The summed E-state index contributed by atoms with van der Waals surface area (Å²) < 4.78 is 5.06. The van der Waals surface area contributed by atoms with E-state index in [-0.39, 0.29) is 30.4 Å². The fraction of sp³-hybridized carbons (Fsp3) is 0.877. The van der Waals surface area contributed by atoms with Crippen LogP contribution in [0.1, 0.15) is 309 Å². The molecular formula is C65H131NO8. The monoisotopic (exact) mass is 1050 g/mol. The second kappa shape index (κ2) is 61.7. The van der Waals surface area contributed by atoms with Crippen LogP contribution < -0.4 is 0 Å². The van der Waals surface area contributed by atoms with Crippen molar-refractivity contribution in [2.75, 3.05) is 6.61 Å². The van der Waals surface area contributed by atoms with Crippen molar-refractivity contribution in [3.05, 3.63) is 30.1 Å². The zero-order valence-electron chi connectivity index (χ0n) is 52.9.